The molecule has 3 aromatic rings. The first kappa shape index (κ1) is 23.1. The van der Waals surface area contributed by atoms with Gasteiger partial charge in [0.2, 0.25) is 0 Å². The third kappa shape index (κ3) is 4.53. The summed E-state index contributed by atoms with van der Waals surface area (Å²) in [6, 6.07) is 11.4. The van der Waals surface area contributed by atoms with E-state index in [4.69, 9.17) is 15.6 Å². The van der Waals surface area contributed by atoms with Gasteiger partial charge in [0, 0.05) is 24.2 Å². The smallest absolute Gasteiger partial charge is 0.317 e. The summed E-state index contributed by atoms with van der Waals surface area (Å²) in [4.78, 5) is 25.1. The molecule has 1 aliphatic heterocycles. The number of carbonyl (C=O) groups is 2. The van der Waals surface area contributed by atoms with Gasteiger partial charge in [0.1, 0.15) is 15.8 Å². The minimum absolute atomic E-state index is 0.0395. The molecule has 0 saturated carbocycles. The van der Waals surface area contributed by atoms with E-state index in [1.807, 2.05) is 50.2 Å². The first-order valence-electron chi connectivity index (χ1n) is 11.6. The number of anilines is 1. The molecule has 2 aromatic carbocycles. The van der Waals surface area contributed by atoms with Gasteiger partial charge in [-0.15, -0.1) is 10.2 Å². The van der Waals surface area contributed by atoms with Crippen LogP contribution in [0.5, 0.6) is 5.75 Å². The fraction of sp³-hybridized carbons (Fsp3) is 0.360. The van der Waals surface area contributed by atoms with Crippen LogP contribution in [0.1, 0.15) is 37.4 Å². The number of benzene rings is 2. The molecule has 2 heterocycles. The Bertz CT molecular complexity index is 1280. The molecule has 1 atom stereocenters. The average molecular weight is 494 g/mol. The van der Waals surface area contributed by atoms with Crippen molar-refractivity contribution in [3.05, 3.63) is 47.5 Å². The van der Waals surface area contributed by atoms with E-state index in [0.717, 1.165) is 45.1 Å². The topological polar surface area (TPSA) is 131 Å². The number of hydrogen-bond donors (Lipinski definition) is 3. The summed E-state index contributed by atoms with van der Waals surface area (Å²) in [5.41, 5.74) is 10.9. The van der Waals surface area contributed by atoms with Crippen LogP contribution in [-0.4, -0.2) is 51.4 Å². The Kier molecular flexibility index (Phi) is 6.06. The zero-order chi connectivity index (χ0) is 24.7. The molecule has 1 aliphatic carbocycles. The molecule has 10 heteroatoms. The largest absolute Gasteiger partial charge is 0.489 e. The lowest BCUT2D eigenvalue weighted by Crippen LogP contribution is -2.56. The van der Waals surface area contributed by atoms with Gasteiger partial charge < -0.3 is 25.8 Å². The van der Waals surface area contributed by atoms with Gasteiger partial charge in [-0.05, 0) is 56.0 Å². The summed E-state index contributed by atoms with van der Waals surface area (Å²) in [6.45, 7) is 4.42. The van der Waals surface area contributed by atoms with E-state index in [-0.39, 0.29) is 31.3 Å². The van der Waals surface area contributed by atoms with Crippen LogP contribution in [0.15, 0.2) is 36.4 Å². The van der Waals surface area contributed by atoms with Crippen molar-refractivity contribution in [3.63, 3.8) is 0 Å². The van der Waals surface area contributed by atoms with Gasteiger partial charge in [0.25, 0.3) is 0 Å². The standard InChI is InChI=1S/C25H27N5O4S/c1-13(2)34-21-9-6-14(10-19(21)26)22-28-29-23(35-22)18-5-3-4-17-16(18)7-8-20(17)27-25(33)30-11-15(12-30)24(31)32/h3-6,9-10,13,15,20H,7-8,11-12,26H2,1-2H3,(H,27,33)(H,31,32)/t20-/m0/s1. The van der Waals surface area contributed by atoms with E-state index in [1.165, 1.54) is 11.3 Å². The van der Waals surface area contributed by atoms with Crippen molar-refractivity contribution in [2.45, 2.75) is 38.8 Å². The Morgan fingerprint density at radius 1 is 1.20 bits per heavy atom. The third-order valence-corrected chi connectivity index (χ3v) is 7.37. The number of aliphatic carboxylic acids is 1. The molecule has 0 unspecified atom stereocenters. The minimum atomic E-state index is -0.858. The van der Waals surface area contributed by atoms with Crippen molar-refractivity contribution in [1.29, 1.82) is 0 Å². The van der Waals surface area contributed by atoms with Crippen LogP contribution in [0, 0.1) is 5.92 Å². The summed E-state index contributed by atoms with van der Waals surface area (Å²) in [5, 5.41) is 22.5. The van der Waals surface area contributed by atoms with Gasteiger partial charge >= 0.3 is 12.0 Å². The number of aromatic nitrogens is 2. The SMILES string of the molecule is CC(C)Oc1ccc(-c2nnc(-c3cccc4c3CC[C@@H]4NC(=O)N3CC(C(=O)O)C3)s2)cc1N. The summed E-state index contributed by atoms with van der Waals surface area (Å²) in [5.74, 6) is -0.674. The fourth-order valence-electron chi connectivity index (χ4n) is 4.54. The molecule has 1 fully saturated rings. The number of nitrogens with zero attached hydrogens (tertiary/aromatic N) is 3. The Morgan fingerprint density at radius 3 is 2.69 bits per heavy atom. The second kappa shape index (κ2) is 9.18. The lowest BCUT2D eigenvalue weighted by Gasteiger charge is -2.37. The van der Waals surface area contributed by atoms with Crippen molar-refractivity contribution in [2.24, 2.45) is 5.92 Å². The maximum Gasteiger partial charge on any atom is 0.317 e. The maximum absolute atomic E-state index is 12.6. The van der Waals surface area contributed by atoms with Crippen molar-refractivity contribution >= 4 is 29.0 Å². The molecule has 5 rings (SSSR count). The fourth-order valence-corrected chi connectivity index (χ4v) is 5.43. The predicted octanol–water partition coefficient (Wildman–Crippen LogP) is 3.95. The predicted molar refractivity (Wildman–Crippen MR) is 133 cm³/mol. The summed E-state index contributed by atoms with van der Waals surface area (Å²) >= 11 is 1.50. The molecular weight excluding hydrogens is 466 g/mol. The van der Waals surface area contributed by atoms with Crippen molar-refractivity contribution in [2.75, 3.05) is 18.8 Å². The number of urea groups is 1. The first-order chi connectivity index (χ1) is 16.8. The summed E-state index contributed by atoms with van der Waals surface area (Å²) < 4.78 is 5.72. The second-order valence-corrected chi connectivity index (χ2v) is 10.2. The molecule has 0 radical (unpaired) electrons. The van der Waals surface area contributed by atoms with Gasteiger partial charge in [-0.2, -0.15) is 0 Å². The van der Waals surface area contributed by atoms with E-state index in [2.05, 4.69) is 15.5 Å². The Balaban J connectivity index is 1.32. The van der Waals surface area contributed by atoms with Crippen molar-refractivity contribution in [1.82, 2.24) is 20.4 Å². The van der Waals surface area contributed by atoms with Crippen LogP contribution in [0.4, 0.5) is 10.5 Å². The van der Waals surface area contributed by atoms with E-state index >= 15 is 0 Å². The molecule has 1 aromatic heterocycles. The van der Waals surface area contributed by atoms with Crippen LogP contribution < -0.4 is 15.8 Å². The zero-order valence-electron chi connectivity index (χ0n) is 19.5. The summed E-state index contributed by atoms with van der Waals surface area (Å²) in [6.07, 6.45) is 1.64. The number of hydrogen-bond acceptors (Lipinski definition) is 7. The van der Waals surface area contributed by atoms with Crippen LogP contribution >= 0.6 is 11.3 Å². The number of likely N-dealkylation sites (tertiary alicyclic amines) is 1. The number of nitrogens with one attached hydrogen (secondary N) is 1. The number of nitrogens with two attached hydrogens (primary N) is 1. The van der Waals surface area contributed by atoms with Crippen LogP contribution in [0.2, 0.25) is 0 Å². The maximum atomic E-state index is 12.6. The molecule has 0 bridgehead atoms. The Hall–Kier alpha value is -3.66. The molecule has 2 amide bonds. The number of carbonyl (C=O) groups excluding carboxylic acids is 1. The highest BCUT2D eigenvalue weighted by atomic mass is 32.1. The molecular formula is C25H27N5O4S. The molecule has 9 nitrogen and oxygen atoms in total. The minimum Gasteiger partial charge on any atom is -0.489 e. The highest BCUT2D eigenvalue weighted by Crippen LogP contribution is 2.40. The quantitative estimate of drug-likeness (QED) is 0.443. The van der Waals surface area contributed by atoms with Gasteiger partial charge in [-0.3, -0.25) is 4.79 Å². The second-order valence-electron chi connectivity index (χ2n) is 9.19. The van der Waals surface area contributed by atoms with Gasteiger partial charge in [0.05, 0.1) is 23.8 Å². The number of nitrogen functional groups attached to an aromatic ring is 1. The average Bonchev–Trinajstić information content (AvgIpc) is 3.41. The van der Waals surface area contributed by atoms with Gasteiger partial charge in [-0.1, -0.05) is 29.5 Å². The van der Waals surface area contributed by atoms with Gasteiger partial charge in [-0.25, -0.2) is 4.79 Å². The highest BCUT2D eigenvalue weighted by Gasteiger charge is 2.37. The number of carboxylic acids is 1. The van der Waals surface area contributed by atoms with E-state index in [1.54, 1.807) is 4.90 Å². The van der Waals surface area contributed by atoms with E-state index in [9.17, 15) is 9.59 Å². The molecule has 1 saturated heterocycles. The molecule has 182 valence electrons. The number of amides is 2. The molecule has 0 spiro atoms. The van der Waals surface area contributed by atoms with Crippen LogP contribution in [-0.2, 0) is 11.2 Å². The molecule has 2 aliphatic rings. The van der Waals surface area contributed by atoms with Gasteiger partial charge in [0.15, 0.2) is 0 Å². The monoisotopic (exact) mass is 493 g/mol. The normalized spacial score (nSPS) is 17.2. The Labute approximate surface area is 206 Å². The van der Waals surface area contributed by atoms with Crippen molar-refractivity contribution < 1.29 is 19.4 Å². The number of ether oxygens (including phenoxy) is 1. The first-order valence-corrected chi connectivity index (χ1v) is 12.4. The lowest BCUT2D eigenvalue weighted by atomic mass is 10.0. The number of carboxylic acid groups (broad SMARTS) is 1. The Morgan fingerprint density at radius 2 is 1.97 bits per heavy atom. The van der Waals surface area contributed by atoms with E-state index < -0.39 is 11.9 Å². The van der Waals surface area contributed by atoms with Crippen molar-refractivity contribution in [3.8, 4) is 26.9 Å². The highest BCUT2D eigenvalue weighted by molar-refractivity contribution is 7.17. The zero-order valence-corrected chi connectivity index (χ0v) is 20.3. The summed E-state index contributed by atoms with van der Waals surface area (Å²) in [7, 11) is 0. The molecule has 35 heavy (non-hydrogen) atoms. The third-order valence-electron chi connectivity index (χ3n) is 6.36. The van der Waals surface area contributed by atoms with Crippen LogP contribution in [0.25, 0.3) is 21.1 Å². The molecule has 4 N–H and O–H groups in total. The number of rotatable bonds is 6. The van der Waals surface area contributed by atoms with Crippen LogP contribution in [0.3, 0.4) is 0 Å². The number of fused-ring (bicyclic) bond motifs is 1. The van der Waals surface area contributed by atoms with E-state index in [0.29, 0.717) is 11.4 Å². The lowest BCUT2D eigenvalue weighted by molar-refractivity contribution is -0.146.